The zero-order valence-corrected chi connectivity index (χ0v) is 19.8. The van der Waals surface area contributed by atoms with Crippen LogP contribution in [0.1, 0.15) is 16.7 Å². The van der Waals surface area contributed by atoms with E-state index >= 15 is 0 Å². The molecule has 0 fully saturated rings. The number of halogens is 1. The van der Waals surface area contributed by atoms with Crippen molar-refractivity contribution < 1.29 is 9.52 Å². The van der Waals surface area contributed by atoms with Gasteiger partial charge in [0.15, 0.2) is 0 Å². The van der Waals surface area contributed by atoms with E-state index in [4.69, 9.17) is 16.0 Å². The van der Waals surface area contributed by atoms with Crippen LogP contribution < -0.4 is 5.43 Å². The zero-order valence-electron chi connectivity index (χ0n) is 19.0. The van der Waals surface area contributed by atoms with E-state index < -0.39 is 0 Å². The normalized spacial score (nSPS) is 11.3. The van der Waals surface area contributed by atoms with Crippen LogP contribution in [0.4, 0.5) is 0 Å². The Balaban J connectivity index is 1.56. The molecule has 5 heteroatoms. The van der Waals surface area contributed by atoms with Gasteiger partial charge in [-0.15, -0.1) is 0 Å². The van der Waals surface area contributed by atoms with Gasteiger partial charge in [0.25, 0.3) is 0 Å². The number of nitrogens with zero attached hydrogens (tertiary/aromatic N) is 1. The van der Waals surface area contributed by atoms with Crippen molar-refractivity contribution in [3.05, 3.63) is 135 Å². The van der Waals surface area contributed by atoms with Crippen molar-refractivity contribution in [1.29, 1.82) is 0 Å². The highest BCUT2D eigenvalue weighted by Crippen LogP contribution is 2.31. The lowest BCUT2D eigenvalue weighted by atomic mass is 10.0. The molecule has 0 unspecified atom stereocenters. The third kappa shape index (κ3) is 4.99. The number of benzene rings is 4. The van der Waals surface area contributed by atoms with E-state index in [1.165, 1.54) is 6.26 Å². The van der Waals surface area contributed by atoms with Crippen LogP contribution in [0.2, 0.25) is 5.02 Å². The Bertz CT molecular complexity index is 1470. The lowest BCUT2D eigenvalue weighted by molar-refractivity contribution is 0.244. The summed E-state index contributed by atoms with van der Waals surface area (Å²) in [6.07, 6.45) is 1.44. The molecule has 1 aromatic heterocycles. The molecule has 0 saturated heterocycles. The SMILES string of the molecule is O=c1c(-c2ccccc2Cl)coc2c(CN(Cc3ccccc3)Cc3ccccc3)c(O)ccc12. The van der Waals surface area contributed by atoms with E-state index in [-0.39, 0.29) is 11.2 Å². The molecule has 4 nitrogen and oxygen atoms in total. The van der Waals surface area contributed by atoms with Crippen molar-refractivity contribution in [2.24, 2.45) is 0 Å². The quantitative estimate of drug-likeness (QED) is 0.271. The summed E-state index contributed by atoms with van der Waals surface area (Å²) in [5.41, 5.74) is 4.11. The Kier molecular flexibility index (Phi) is 6.66. The van der Waals surface area contributed by atoms with Gasteiger partial charge in [-0.2, -0.15) is 0 Å². The Hall–Kier alpha value is -3.86. The first-order valence-electron chi connectivity index (χ1n) is 11.4. The second-order valence-corrected chi connectivity index (χ2v) is 8.92. The zero-order chi connectivity index (χ0) is 24.2. The highest BCUT2D eigenvalue weighted by molar-refractivity contribution is 6.33. The van der Waals surface area contributed by atoms with Crippen molar-refractivity contribution in [3.8, 4) is 16.9 Å². The highest BCUT2D eigenvalue weighted by atomic mass is 35.5. The van der Waals surface area contributed by atoms with Crippen LogP contribution in [-0.2, 0) is 19.6 Å². The molecular weight excluding hydrogens is 458 g/mol. The molecule has 0 aliphatic rings. The minimum absolute atomic E-state index is 0.0947. The van der Waals surface area contributed by atoms with E-state index in [0.29, 0.717) is 52.3 Å². The van der Waals surface area contributed by atoms with Crippen LogP contribution in [0, 0.1) is 0 Å². The van der Waals surface area contributed by atoms with Gasteiger partial charge in [-0.05, 0) is 29.3 Å². The Morgan fingerprint density at radius 3 is 1.94 bits per heavy atom. The van der Waals surface area contributed by atoms with Gasteiger partial charge in [-0.25, -0.2) is 0 Å². The molecule has 4 aromatic carbocycles. The number of phenols is 1. The summed E-state index contributed by atoms with van der Waals surface area (Å²) < 4.78 is 6.00. The van der Waals surface area contributed by atoms with Gasteiger partial charge in [0, 0.05) is 30.2 Å². The molecule has 174 valence electrons. The molecule has 0 aliphatic heterocycles. The Morgan fingerprint density at radius 2 is 1.31 bits per heavy atom. The van der Waals surface area contributed by atoms with Crippen molar-refractivity contribution in [3.63, 3.8) is 0 Å². The molecule has 0 saturated carbocycles. The van der Waals surface area contributed by atoms with Gasteiger partial charge >= 0.3 is 0 Å². The standard InChI is InChI=1S/C30H24ClNO3/c31-27-14-8-7-13-23(27)26-20-35-30-24(29(26)34)15-16-28(33)25(30)19-32(17-21-9-3-1-4-10-21)18-22-11-5-2-6-12-22/h1-16,20,33H,17-19H2. The summed E-state index contributed by atoms with van der Waals surface area (Å²) in [5.74, 6) is 0.0947. The van der Waals surface area contributed by atoms with Gasteiger partial charge in [0.2, 0.25) is 5.43 Å². The van der Waals surface area contributed by atoms with Gasteiger partial charge < -0.3 is 9.52 Å². The van der Waals surface area contributed by atoms with Gasteiger partial charge in [-0.1, -0.05) is 90.5 Å². The first-order valence-corrected chi connectivity index (χ1v) is 11.8. The maximum absolute atomic E-state index is 13.4. The largest absolute Gasteiger partial charge is 0.507 e. The van der Waals surface area contributed by atoms with Crippen LogP contribution in [0.25, 0.3) is 22.1 Å². The number of rotatable bonds is 7. The number of aromatic hydroxyl groups is 1. The van der Waals surface area contributed by atoms with Crippen LogP contribution in [0.5, 0.6) is 5.75 Å². The molecule has 0 radical (unpaired) electrons. The summed E-state index contributed by atoms with van der Waals surface area (Å²) in [4.78, 5) is 15.6. The lowest BCUT2D eigenvalue weighted by Crippen LogP contribution is -2.23. The van der Waals surface area contributed by atoms with Gasteiger partial charge in [0.1, 0.15) is 17.6 Å². The van der Waals surface area contributed by atoms with Gasteiger partial charge in [-0.3, -0.25) is 9.69 Å². The molecule has 5 rings (SSSR count). The maximum Gasteiger partial charge on any atom is 0.200 e. The predicted octanol–water partition coefficient (Wildman–Crippen LogP) is 7.02. The highest BCUT2D eigenvalue weighted by Gasteiger charge is 2.19. The minimum Gasteiger partial charge on any atom is -0.507 e. The van der Waals surface area contributed by atoms with Crippen LogP contribution in [0.3, 0.4) is 0 Å². The minimum atomic E-state index is -0.182. The van der Waals surface area contributed by atoms with Gasteiger partial charge in [0.05, 0.1) is 16.5 Å². The van der Waals surface area contributed by atoms with Crippen LogP contribution >= 0.6 is 11.6 Å². The Labute approximate surface area is 208 Å². The molecule has 5 aromatic rings. The maximum atomic E-state index is 13.4. The van der Waals surface area contributed by atoms with Crippen LogP contribution in [-0.4, -0.2) is 10.0 Å². The molecular formula is C30H24ClNO3. The summed E-state index contributed by atoms with van der Waals surface area (Å²) in [6.45, 7) is 1.75. The molecule has 1 heterocycles. The van der Waals surface area contributed by atoms with Crippen molar-refractivity contribution in [2.75, 3.05) is 0 Å². The molecule has 35 heavy (non-hydrogen) atoms. The number of phenolic OH excluding ortho intramolecular Hbond substituents is 1. The summed E-state index contributed by atoms with van der Waals surface area (Å²) in [5, 5.41) is 11.7. The summed E-state index contributed by atoms with van der Waals surface area (Å²) >= 11 is 6.33. The van der Waals surface area contributed by atoms with E-state index in [1.54, 1.807) is 24.3 Å². The third-order valence-corrected chi connectivity index (χ3v) is 6.39. The van der Waals surface area contributed by atoms with Crippen LogP contribution in [0.15, 0.2) is 113 Å². The predicted molar refractivity (Wildman–Crippen MR) is 140 cm³/mol. The second kappa shape index (κ2) is 10.2. The van der Waals surface area contributed by atoms with E-state index in [0.717, 1.165) is 11.1 Å². The topological polar surface area (TPSA) is 53.7 Å². The number of hydrogen-bond acceptors (Lipinski definition) is 4. The fraction of sp³-hybridized carbons (Fsp3) is 0.100. The Morgan fingerprint density at radius 1 is 0.714 bits per heavy atom. The molecule has 0 aliphatic carbocycles. The molecule has 0 amide bonds. The van der Waals surface area contributed by atoms with E-state index in [2.05, 4.69) is 29.2 Å². The fourth-order valence-electron chi connectivity index (χ4n) is 4.34. The van der Waals surface area contributed by atoms with Crippen molar-refractivity contribution in [2.45, 2.75) is 19.6 Å². The van der Waals surface area contributed by atoms with E-state index in [1.807, 2.05) is 48.5 Å². The average Bonchev–Trinajstić information content (AvgIpc) is 2.88. The number of fused-ring (bicyclic) bond motifs is 1. The summed E-state index contributed by atoms with van der Waals surface area (Å²) in [7, 11) is 0. The number of hydrogen-bond donors (Lipinski definition) is 1. The van der Waals surface area contributed by atoms with E-state index in [9.17, 15) is 9.90 Å². The second-order valence-electron chi connectivity index (χ2n) is 8.51. The first-order chi connectivity index (χ1) is 17.1. The monoisotopic (exact) mass is 481 g/mol. The fourth-order valence-corrected chi connectivity index (χ4v) is 4.58. The first kappa shape index (κ1) is 22.9. The third-order valence-electron chi connectivity index (χ3n) is 6.06. The lowest BCUT2D eigenvalue weighted by Gasteiger charge is -2.23. The smallest absolute Gasteiger partial charge is 0.200 e. The molecule has 0 bridgehead atoms. The van der Waals surface area contributed by atoms with Crippen molar-refractivity contribution in [1.82, 2.24) is 4.90 Å². The van der Waals surface area contributed by atoms with Crippen molar-refractivity contribution >= 4 is 22.6 Å². The molecule has 1 N–H and O–H groups in total. The average molecular weight is 482 g/mol. The molecule has 0 spiro atoms. The summed E-state index contributed by atoms with van der Waals surface area (Å²) in [6, 6.07) is 30.7. The molecule has 0 atom stereocenters.